The van der Waals surface area contributed by atoms with Crippen LogP contribution in [0.25, 0.3) is 0 Å². The number of ether oxygens (including phenoxy) is 1. The molecule has 0 saturated heterocycles. The average molecular weight is 490 g/mol. The Balaban J connectivity index is 1.91. The average Bonchev–Trinajstić information content (AvgIpc) is 2.84. The van der Waals surface area contributed by atoms with E-state index in [0.717, 1.165) is 29.4 Å². The maximum Gasteiger partial charge on any atom is 0.133 e. The fourth-order valence-electron chi connectivity index (χ4n) is 4.01. The Kier molecular flexibility index (Phi) is 7.22. The summed E-state index contributed by atoms with van der Waals surface area (Å²) in [5, 5.41) is 4.18. The van der Waals surface area contributed by atoms with Crippen molar-refractivity contribution in [2.75, 3.05) is 6.61 Å². The summed E-state index contributed by atoms with van der Waals surface area (Å²) in [6, 6.07) is 39.6. The Morgan fingerprint density at radius 1 is 0.677 bits per heavy atom. The molecule has 0 fully saturated rings. The predicted octanol–water partition coefficient (Wildman–Crippen LogP) is 6.73. The van der Waals surface area contributed by atoms with Crippen molar-refractivity contribution in [1.82, 2.24) is 0 Å². The molecule has 0 bridgehead atoms. The SMILES string of the molecule is CCCOc1cc(C[P+](c2ccccc2)(c2ccccc2)c2ccccc2)ccc1Br. The lowest BCUT2D eigenvalue weighted by molar-refractivity contribution is 0.315. The molecule has 0 unspecified atom stereocenters. The van der Waals surface area contributed by atoms with Gasteiger partial charge in [0, 0.05) is 0 Å². The number of halogens is 1. The Bertz CT molecular complexity index is 1000. The van der Waals surface area contributed by atoms with Crippen LogP contribution < -0.4 is 20.7 Å². The lowest BCUT2D eigenvalue weighted by Gasteiger charge is -2.28. The monoisotopic (exact) mass is 489 g/mol. The molecular formula is C28H27BrOP+. The maximum atomic E-state index is 6.02. The van der Waals surface area contributed by atoms with Gasteiger partial charge in [-0.15, -0.1) is 0 Å². The van der Waals surface area contributed by atoms with Gasteiger partial charge in [-0.3, -0.25) is 0 Å². The molecule has 0 N–H and O–H groups in total. The minimum Gasteiger partial charge on any atom is -0.492 e. The van der Waals surface area contributed by atoms with E-state index < -0.39 is 7.26 Å². The molecular weight excluding hydrogens is 463 g/mol. The number of benzene rings is 4. The van der Waals surface area contributed by atoms with Crippen LogP contribution in [-0.4, -0.2) is 6.61 Å². The zero-order valence-corrected chi connectivity index (χ0v) is 20.2. The van der Waals surface area contributed by atoms with E-state index in [2.05, 4.69) is 132 Å². The first kappa shape index (κ1) is 21.8. The van der Waals surface area contributed by atoms with Crippen molar-refractivity contribution >= 4 is 39.1 Å². The molecule has 0 aliphatic heterocycles. The largest absolute Gasteiger partial charge is 0.492 e. The van der Waals surface area contributed by atoms with Gasteiger partial charge in [-0.1, -0.05) is 67.6 Å². The Morgan fingerprint density at radius 3 is 1.61 bits per heavy atom. The van der Waals surface area contributed by atoms with Gasteiger partial charge in [0.25, 0.3) is 0 Å². The van der Waals surface area contributed by atoms with E-state index in [1.54, 1.807) is 0 Å². The van der Waals surface area contributed by atoms with Gasteiger partial charge in [0.1, 0.15) is 28.9 Å². The summed E-state index contributed by atoms with van der Waals surface area (Å²) in [7, 11) is -1.91. The molecule has 156 valence electrons. The molecule has 0 heterocycles. The topological polar surface area (TPSA) is 9.23 Å². The van der Waals surface area contributed by atoms with Gasteiger partial charge in [-0.2, -0.15) is 0 Å². The molecule has 31 heavy (non-hydrogen) atoms. The third kappa shape index (κ3) is 4.76. The van der Waals surface area contributed by atoms with Gasteiger partial charge in [0.05, 0.1) is 17.2 Å². The Hall–Kier alpha value is -2.41. The fraction of sp³-hybridized carbons (Fsp3) is 0.143. The second-order valence-corrected chi connectivity index (χ2v) is 11.9. The molecule has 4 aromatic rings. The second-order valence-electron chi connectivity index (χ2n) is 7.59. The van der Waals surface area contributed by atoms with Crippen molar-refractivity contribution in [3.63, 3.8) is 0 Å². The van der Waals surface area contributed by atoms with E-state index >= 15 is 0 Å². The zero-order valence-electron chi connectivity index (χ0n) is 17.7. The summed E-state index contributed by atoms with van der Waals surface area (Å²) in [5.74, 6) is 0.923. The molecule has 4 aromatic carbocycles. The van der Waals surface area contributed by atoms with Crippen LogP contribution in [-0.2, 0) is 6.16 Å². The molecule has 4 rings (SSSR count). The van der Waals surface area contributed by atoms with Gasteiger partial charge in [-0.05, 0) is 76.4 Å². The Morgan fingerprint density at radius 2 is 1.16 bits per heavy atom. The molecule has 3 heteroatoms. The predicted molar refractivity (Wildman–Crippen MR) is 139 cm³/mol. The molecule has 0 aliphatic rings. The highest BCUT2D eigenvalue weighted by Crippen LogP contribution is 2.58. The molecule has 0 radical (unpaired) electrons. The van der Waals surface area contributed by atoms with Crippen LogP contribution in [0, 0.1) is 0 Å². The molecule has 0 atom stereocenters. The normalized spacial score (nSPS) is 11.3. The molecule has 0 aromatic heterocycles. The summed E-state index contributed by atoms with van der Waals surface area (Å²) in [4.78, 5) is 0. The summed E-state index contributed by atoms with van der Waals surface area (Å²) in [6.45, 7) is 2.85. The summed E-state index contributed by atoms with van der Waals surface area (Å²) in [6.07, 6.45) is 1.94. The van der Waals surface area contributed by atoms with Crippen molar-refractivity contribution in [3.05, 3.63) is 119 Å². The van der Waals surface area contributed by atoms with Crippen LogP contribution in [0.4, 0.5) is 0 Å². The highest BCUT2D eigenvalue weighted by molar-refractivity contribution is 9.10. The van der Waals surface area contributed by atoms with Gasteiger partial charge in [0.2, 0.25) is 0 Å². The summed E-state index contributed by atoms with van der Waals surface area (Å²) >= 11 is 3.66. The molecule has 0 amide bonds. The van der Waals surface area contributed by atoms with Gasteiger partial charge in [-0.25, -0.2) is 0 Å². The van der Waals surface area contributed by atoms with Crippen molar-refractivity contribution < 1.29 is 4.74 Å². The minimum atomic E-state index is -1.91. The first-order chi connectivity index (χ1) is 15.2. The quantitative estimate of drug-likeness (QED) is 0.249. The highest BCUT2D eigenvalue weighted by atomic mass is 79.9. The van der Waals surface area contributed by atoms with Crippen LogP contribution >= 0.6 is 23.2 Å². The van der Waals surface area contributed by atoms with Crippen molar-refractivity contribution in [3.8, 4) is 5.75 Å². The van der Waals surface area contributed by atoms with Gasteiger partial charge in [0.15, 0.2) is 0 Å². The van der Waals surface area contributed by atoms with Crippen LogP contribution in [0.3, 0.4) is 0 Å². The second kappa shape index (κ2) is 10.3. The summed E-state index contributed by atoms with van der Waals surface area (Å²) < 4.78 is 7.03. The van der Waals surface area contributed by atoms with Crippen LogP contribution in [0.5, 0.6) is 5.75 Å². The van der Waals surface area contributed by atoms with E-state index in [1.165, 1.54) is 21.5 Å². The van der Waals surface area contributed by atoms with Crippen molar-refractivity contribution in [1.29, 1.82) is 0 Å². The van der Waals surface area contributed by atoms with Gasteiger partial charge < -0.3 is 4.74 Å². The first-order valence-corrected chi connectivity index (χ1v) is 13.5. The van der Waals surface area contributed by atoms with E-state index in [-0.39, 0.29) is 0 Å². The number of hydrogen-bond donors (Lipinski definition) is 0. The lowest BCUT2D eigenvalue weighted by Crippen LogP contribution is -2.32. The number of hydrogen-bond acceptors (Lipinski definition) is 1. The lowest BCUT2D eigenvalue weighted by atomic mass is 10.2. The van der Waals surface area contributed by atoms with Crippen molar-refractivity contribution in [2.45, 2.75) is 19.5 Å². The van der Waals surface area contributed by atoms with E-state index in [9.17, 15) is 0 Å². The molecule has 0 aliphatic carbocycles. The van der Waals surface area contributed by atoms with Crippen LogP contribution in [0.2, 0.25) is 0 Å². The van der Waals surface area contributed by atoms with Crippen molar-refractivity contribution in [2.24, 2.45) is 0 Å². The zero-order chi connectivity index (χ0) is 21.5. The Labute approximate surface area is 194 Å². The third-order valence-corrected chi connectivity index (χ3v) is 10.5. The fourth-order valence-corrected chi connectivity index (χ4v) is 8.60. The van der Waals surface area contributed by atoms with Gasteiger partial charge >= 0.3 is 0 Å². The minimum absolute atomic E-state index is 0.721. The number of rotatable bonds is 8. The standard InChI is InChI=1S/C28H27BrOP/c1-2-20-30-28-21-23(18-19-27(28)29)22-31(24-12-6-3-7-13-24,25-14-8-4-9-15-25)26-16-10-5-11-17-26/h3-19,21H,2,20,22H2,1H3/q+1. The first-order valence-electron chi connectivity index (χ1n) is 10.7. The molecule has 0 saturated carbocycles. The smallest absolute Gasteiger partial charge is 0.133 e. The van der Waals surface area contributed by atoms with Crippen LogP contribution in [0.1, 0.15) is 18.9 Å². The third-order valence-electron chi connectivity index (χ3n) is 5.47. The maximum absolute atomic E-state index is 6.02. The van der Waals surface area contributed by atoms with E-state index in [4.69, 9.17) is 4.74 Å². The van der Waals surface area contributed by atoms with E-state index in [0.29, 0.717) is 0 Å². The van der Waals surface area contributed by atoms with E-state index in [1.807, 2.05) is 0 Å². The highest BCUT2D eigenvalue weighted by Gasteiger charge is 2.45. The molecule has 0 spiro atoms. The summed E-state index contributed by atoms with van der Waals surface area (Å²) in [5.41, 5.74) is 1.29. The molecule has 1 nitrogen and oxygen atoms in total. The van der Waals surface area contributed by atoms with Crippen LogP contribution in [0.15, 0.2) is 114 Å².